The fourth-order valence-electron chi connectivity index (χ4n) is 2.68. The van der Waals surface area contributed by atoms with Crippen molar-refractivity contribution in [3.05, 3.63) is 51.3 Å². The van der Waals surface area contributed by atoms with Gasteiger partial charge in [-0.3, -0.25) is 14.9 Å². The maximum absolute atomic E-state index is 12.5. The van der Waals surface area contributed by atoms with Crippen LogP contribution in [-0.4, -0.2) is 21.8 Å². The number of benzene rings is 1. The van der Waals surface area contributed by atoms with Gasteiger partial charge < -0.3 is 5.32 Å². The number of carbonyl (C=O) groups is 2. The molecule has 6 nitrogen and oxygen atoms in total. The highest BCUT2D eigenvalue weighted by atomic mass is 32.1. The van der Waals surface area contributed by atoms with Crippen molar-refractivity contribution in [2.24, 2.45) is 0 Å². The molecule has 1 atom stereocenters. The Morgan fingerprint density at radius 3 is 2.41 bits per heavy atom. The van der Waals surface area contributed by atoms with Gasteiger partial charge in [-0.15, -0.1) is 22.7 Å². The lowest BCUT2D eigenvalue weighted by atomic mass is 9.98. The molecule has 0 spiro atoms. The first-order valence-corrected chi connectivity index (χ1v) is 10.9. The van der Waals surface area contributed by atoms with Crippen LogP contribution in [0.15, 0.2) is 35.8 Å². The largest absolute Gasteiger partial charge is 0.350 e. The first-order chi connectivity index (χ1) is 13.6. The SMILES string of the molecule is CC(=O)NC(C)c1ccc(-c2csc(NC(=O)c3cnc(C(C)(C)C)s3)n2)cc1. The zero-order valence-corrected chi connectivity index (χ0v) is 18.7. The molecule has 3 rings (SSSR count). The third kappa shape index (κ3) is 5.27. The number of rotatable bonds is 5. The number of nitrogens with one attached hydrogen (secondary N) is 2. The molecule has 0 radical (unpaired) electrons. The second-order valence-electron chi connectivity index (χ2n) is 7.82. The van der Waals surface area contributed by atoms with Gasteiger partial charge in [0.25, 0.3) is 5.91 Å². The first kappa shape index (κ1) is 21.1. The Hall–Kier alpha value is -2.58. The molecule has 1 unspecified atom stereocenters. The topological polar surface area (TPSA) is 84.0 Å². The molecule has 2 aromatic heterocycles. The molecule has 2 amide bonds. The van der Waals surface area contributed by atoms with Crippen molar-refractivity contribution in [3.63, 3.8) is 0 Å². The van der Waals surface area contributed by atoms with Crippen molar-refractivity contribution in [2.45, 2.75) is 46.1 Å². The molecule has 0 bridgehead atoms. The Morgan fingerprint density at radius 2 is 1.83 bits per heavy atom. The summed E-state index contributed by atoms with van der Waals surface area (Å²) in [6.45, 7) is 9.66. The van der Waals surface area contributed by atoms with Crippen molar-refractivity contribution in [1.29, 1.82) is 0 Å². The molecule has 0 saturated heterocycles. The van der Waals surface area contributed by atoms with Gasteiger partial charge in [0.2, 0.25) is 5.91 Å². The van der Waals surface area contributed by atoms with Crippen molar-refractivity contribution in [3.8, 4) is 11.3 Å². The van der Waals surface area contributed by atoms with Gasteiger partial charge in [0, 0.05) is 23.3 Å². The number of hydrogen-bond donors (Lipinski definition) is 2. The number of anilines is 1. The summed E-state index contributed by atoms with van der Waals surface area (Å²) in [7, 11) is 0. The Labute approximate surface area is 178 Å². The summed E-state index contributed by atoms with van der Waals surface area (Å²) in [4.78, 5) is 33.2. The van der Waals surface area contributed by atoms with E-state index in [4.69, 9.17) is 0 Å². The summed E-state index contributed by atoms with van der Waals surface area (Å²) in [5.74, 6) is -0.254. The molecular formula is C21H24N4O2S2. The van der Waals surface area contributed by atoms with Gasteiger partial charge in [-0.1, -0.05) is 45.0 Å². The fraction of sp³-hybridized carbons (Fsp3) is 0.333. The maximum Gasteiger partial charge on any atom is 0.269 e. The number of nitrogens with zero attached hydrogens (tertiary/aromatic N) is 2. The zero-order valence-electron chi connectivity index (χ0n) is 17.1. The Morgan fingerprint density at radius 1 is 1.14 bits per heavy atom. The highest BCUT2D eigenvalue weighted by Gasteiger charge is 2.21. The van der Waals surface area contributed by atoms with Crippen LogP contribution >= 0.6 is 22.7 Å². The maximum atomic E-state index is 12.5. The number of hydrogen-bond acceptors (Lipinski definition) is 6. The van der Waals surface area contributed by atoms with E-state index in [2.05, 4.69) is 41.4 Å². The molecule has 0 fully saturated rings. The van der Waals surface area contributed by atoms with Crippen LogP contribution < -0.4 is 10.6 Å². The van der Waals surface area contributed by atoms with Gasteiger partial charge in [-0.25, -0.2) is 9.97 Å². The second-order valence-corrected chi connectivity index (χ2v) is 9.70. The molecule has 0 aliphatic heterocycles. The van der Waals surface area contributed by atoms with E-state index < -0.39 is 0 Å². The standard InChI is InChI=1S/C21H24N4O2S2/c1-12(23-13(2)26)14-6-8-15(9-7-14)16-11-28-20(24-16)25-18(27)17-10-22-19(29-17)21(3,4)5/h6-12H,1-5H3,(H,23,26)(H,24,25,27). The molecule has 2 heterocycles. The van der Waals surface area contributed by atoms with Crippen LogP contribution in [-0.2, 0) is 10.2 Å². The van der Waals surface area contributed by atoms with Gasteiger partial charge in [0.05, 0.1) is 22.9 Å². The van der Waals surface area contributed by atoms with Crippen LogP contribution in [0, 0.1) is 0 Å². The fourth-order valence-corrected chi connectivity index (χ4v) is 4.26. The monoisotopic (exact) mass is 428 g/mol. The van der Waals surface area contributed by atoms with E-state index in [0.29, 0.717) is 10.0 Å². The highest BCUT2D eigenvalue weighted by Crippen LogP contribution is 2.29. The van der Waals surface area contributed by atoms with E-state index in [0.717, 1.165) is 21.8 Å². The summed E-state index contributed by atoms with van der Waals surface area (Å²) < 4.78 is 0. The van der Waals surface area contributed by atoms with Gasteiger partial charge in [0.15, 0.2) is 5.13 Å². The smallest absolute Gasteiger partial charge is 0.269 e. The van der Waals surface area contributed by atoms with Crippen LogP contribution in [0.4, 0.5) is 5.13 Å². The summed E-state index contributed by atoms with van der Waals surface area (Å²) in [6.07, 6.45) is 1.62. The molecule has 3 aromatic rings. The summed E-state index contributed by atoms with van der Waals surface area (Å²) >= 11 is 2.79. The van der Waals surface area contributed by atoms with Crippen LogP contribution in [0.2, 0.25) is 0 Å². The molecule has 2 N–H and O–H groups in total. The Balaban J connectivity index is 1.68. The third-order valence-electron chi connectivity index (χ3n) is 4.22. The van der Waals surface area contributed by atoms with E-state index in [1.807, 2.05) is 36.6 Å². The number of carbonyl (C=O) groups excluding carboxylic acids is 2. The van der Waals surface area contributed by atoms with Gasteiger partial charge in [-0.2, -0.15) is 0 Å². The normalized spacial score (nSPS) is 12.4. The molecule has 0 aliphatic carbocycles. The predicted octanol–water partition coefficient (Wildman–Crippen LogP) is 5.01. The Bertz CT molecular complexity index is 1020. The van der Waals surface area contributed by atoms with Crippen molar-refractivity contribution in [2.75, 3.05) is 5.32 Å². The minimum Gasteiger partial charge on any atom is -0.350 e. The predicted molar refractivity (Wildman–Crippen MR) is 119 cm³/mol. The van der Waals surface area contributed by atoms with E-state index in [-0.39, 0.29) is 23.3 Å². The van der Waals surface area contributed by atoms with Crippen LogP contribution in [0.5, 0.6) is 0 Å². The number of thiazole rings is 2. The lowest BCUT2D eigenvalue weighted by Gasteiger charge is -2.13. The average Bonchev–Trinajstić information content (AvgIpc) is 3.30. The first-order valence-electron chi connectivity index (χ1n) is 9.24. The zero-order chi connectivity index (χ0) is 21.2. The van der Waals surface area contributed by atoms with E-state index >= 15 is 0 Å². The van der Waals surface area contributed by atoms with Crippen molar-refractivity contribution in [1.82, 2.24) is 15.3 Å². The van der Waals surface area contributed by atoms with Gasteiger partial charge >= 0.3 is 0 Å². The molecule has 8 heteroatoms. The van der Waals surface area contributed by atoms with E-state index in [1.165, 1.54) is 29.6 Å². The summed E-state index contributed by atoms with van der Waals surface area (Å²) in [5.41, 5.74) is 2.69. The third-order valence-corrected chi connectivity index (χ3v) is 6.40. The average molecular weight is 429 g/mol. The molecule has 152 valence electrons. The van der Waals surface area contributed by atoms with E-state index in [9.17, 15) is 9.59 Å². The summed E-state index contributed by atoms with van der Waals surface area (Å²) in [6, 6.07) is 7.82. The van der Waals surface area contributed by atoms with Gasteiger partial charge in [0.1, 0.15) is 4.88 Å². The molecule has 29 heavy (non-hydrogen) atoms. The number of amides is 2. The number of aromatic nitrogens is 2. The van der Waals surface area contributed by atoms with Crippen molar-refractivity contribution < 1.29 is 9.59 Å². The Kier molecular flexibility index (Phi) is 6.14. The van der Waals surface area contributed by atoms with Crippen molar-refractivity contribution >= 4 is 39.6 Å². The molecular weight excluding hydrogens is 404 g/mol. The minimum absolute atomic E-state index is 0.0516. The molecule has 0 aliphatic rings. The highest BCUT2D eigenvalue weighted by molar-refractivity contribution is 7.15. The van der Waals surface area contributed by atoms with Gasteiger partial charge in [-0.05, 0) is 12.5 Å². The van der Waals surface area contributed by atoms with Crippen LogP contribution in [0.1, 0.15) is 60.9 Å². The lowest BCUT2D eigenvalue weighted by Crippen LogP contribution is -2.23. The summed E-state index contributed by atoms with van der Waals surface area (Å²) in [5, 5.41) is 9.11. The van der Waals surface area contributed by atoms with Crippen LogP contribution in [0.25, 0.3) is 11.3 Å². The lowest BCUT2D eigenvalue weighted by molar-refractivity contribution is -0.119. The van der Waals surface area contributed by atoms with Crippen LogP contribution in [0.3, 0.4) is 0 Å². The second kappa shape index (κ2) is 8.42. The molecule has 1 aromatic carbocycles. The molecule has 0 saturated carbocycles. The quantitative estimate of drug-likeness (QED) is 0.598. The minimum atomic E-state index is -0.196. The van der Waals surface area contributed by atoms with E-state index in [1.54, 1.807) is 6.20 Å².